The van der Waals surface area contributed by atoms with Crippen molar-refractivity contribution in [3.05, 3.63) is 230 Å². The lowest BCUT2D eigenvalue weighted by Crippen LogP contribution is -2.11. The SMILES string of the molecule is C1=CC2=CC=C(c3ccc(-c4ccc(N(c5ccc(-c6cccc7c6oc6ccccc67)cc5)c5ccccc5-c5cccc6c5sc5ccccc56)cc4)cc3)CC2C=C1. The lowest BCUT2D eigenvalue weighted by molar-refractivity contribution is 0.670. The van der Waals surface area contributed by atoms with Gasteiger partial charge in [-0.05, 0) is 82.3 Å². The van der Waals surface area contributed by atoms with E-state index in [1.807, 2.05) is 23.5 Å². The Morgan fingerprint density at radius 2 is 1.10 bits per heavy atom. The first-order valence-electron chi connectivity index (χ1n) is 21.0. The number of para-hydroxylation sites is 3. The summed E-state index contributed by atoms with van der Waals surface area (Å²) < 4.78 is 9.07. The molecule has 0 fully saturated rings. The van der Waals surface area contributed by atoms with E-state index in [1.54, 1.807) is 0 Å². The van der Waals surface area contributed by atoms with E-state index in [0.29, 0.717) is 5.92 Å². The molecule has 0 bridgehead atoms. The number of rotatable bonds is 7. The molecule has 2 aliphatic rings. The predicted molar refractivity (Wildman–Crippen MR) is 260 cm³/mol. The molecule has 8 aromatic carbocycles. The fourth-order valence-electron chi connectivity index (χ4n) is 9.41. The van der Waals surface area contributed by atoms with Gasteiger partial charge in [-0.15, -0.1) is 11.3 Å². The number of furan rings is 1. The summed E-state index contributed by atoms with van der Waals surface area (Å²) in [4.78, 5) is 2.41. The number of hydrogen-bond donors (Lipinski definition) is 0. The van der Waals surface area contributed by atoms with Crippen LogP contribution in [0.1, 0.15) is 12.0 Å². The maximum Gasteiger partial charge on any atom is 0.143 e. The van der Waals surface area contributed by atoms with Crippen LogP contribution in [0.2, 0.25) is 0 Å². The topological polar surface area (TPSA) is 16.4 Å². The Labute approximate surface area is 359 Å². The average molecular weight is 798 g/mol. The number of nitrogens with zero attached hydrogens (tertiary/aromatic N) is 1. The molecule has 0 radical (unpaired) electrons. The van der Waals surface area contributed by atoms with Crippen LogP contribution in [0.3, 0.4) is 0 Å². The first-order chi connectivity index (χ1) is 30.2. The Morgan fingerprint density at radius 3 is 1.92 bits per heavy atom. The highest BCUT2D eigenvalue weighted by molar-refractivity contribution is 7.26. The number of anilines is 3. The van der Waals surface area contributed by atoms with E-state index in [1.165, 1.54) is 59.1 Å². The van der Waals surface area contributed by atoms with Crippen molar-refractivity contribution < 1.29 is 4.42 Å². The highest BCUT2D eigenvalue weighted by Gasteiger charge is 2.21. The molecule has 1 unspecified atom stereocenters. The second kappa shape index (κ2) is 14.7. The minimum Gasteiger partial charge on any atom is -0.455 e. The van der Waals surface area contributed by atoms with E-state index < -0.39 is 0 Å². The monoisotopic (exact) mass is 797 g/mol. The van der Waals surface area contributed by atoms with Gasteiger partial charge in [0.05, 0.1) is 5.69 Å². The van der Waals surface area contributed by atoms with Crippen molar-refractivity contribution in [2.24, 2.45) is 5.92 Å². The third-order valence-corrected chi connectivity index (χ3v) is 13.7. The van der Waals surface area contributed by atoms with Gasteiger partial charge in [0, 0.05) is 64.9 Å². The molecule has 0 spiro atoms. The number of benzene rings is 8. The molecule has 1 atom stereocenters. The zero-order valence-electron chi connectivity index (χ0n) is 33.3. The van der Waals surface area contributed by atoms with Crippen molar-refractivity contribution in [2.45, 2.75) is 6.42 Å². The van der Waals surface area contributed by atoms with Gasteiger partial charge in [0.25, 0.3) is 0 Å². The normalized spacial score (nSPS) is 14.7. The van der Waals surface area contributed by atoms with Gasteiger partial charge >= 0.3 is 0 Å². The molecular formula is C58H39NOS. The molecule has 0 amide bonds. The molecule has 0 saturated carbocycles. The smallest absolute Gasteiger partial charge is 0.143 e. The summed E-state index contributed by atoms with van der Waals surface area (Å²) in [5.41, 5.74) is 16.2. The minimum atomic E-state index is 0.463. The van der Waals surface area contributed by atoms with E-state index in [-0.39, 0.29) is 0 Å². The van der Waals surface area contributed by atoms with Gasteiger partial charge < -0.3 is 9.32 Å². The number of thiophene rings is 1. The maximum atomic E-state index is 6.46. The summed E-state index contributed by atoms with van der Waals surface area (Å²) in [5.74, 6) is 0.463. The molecule has 10 aromatic rings. The molecule has 2 nitrogen and oxygen atoms in total. The molecule has 61 heavy (non-hydrogen) atoms. The van der Waals surface area contributed by atoms with Crippen LogP contribution in [0.4, 0.5) is 17.1 Å². The standard InChI is InChI=1S/C58H39NOS/c1-2-12-43-37-44(28-27-38(43)11-1)41-25-23-39(24-26-41)40-29-33-45(34-30-40)59(46-35-31-42(32-36-46)47-16-9-17-51-49-14-4-7-21-55(49)60-57(47)51)54-20-6-3-13-48(54)52-18-10-19-53-50-15-5-8-22-56(50)61-58(52)53/h1-36,43H,37H2. The lowest BCUT2D eigenvalue weighted by atomic mass is 9.82. The van der Waals surface area contributed by atoms with Crippen LogP contribution < -0.4 is 4.90 Å². The maximum absolute atomic E-state index is 6.46. The van der Waals surface area contributed by atoms with Gasteiger partial charge in [-0.2, -0.15) is 0 Å². The summed E-state index contributed by atoms with van der Waals surface area (Å²) in [5, 5.41) is 4.87. The van der Waals surface area contributed by atoms with Crippen LogP contribution in [0.5, 0.6) is 0 Å². The van der Waals surface area contributed by atoms with Crippen molar-refractivity contribution in [3.63, 3.8) is 0 Å². The first kappa shape index (κ1) is 35.5. The molecule has 0 aliphatic heterocycles. The van der Waals surface area contributed by atoms with E-state index in [0.717, 1.165) is 56.5 Å². The Balaban J connectivity index is 0.947. The van der Waals surface area contributed by atoms with Crippen molar-refractivity contribution in [1.29, 1.82) is 0 Å². The van der Waals surface area contributed by atoms with Crippen molar-refractivity contribution in [2.75, 3.05) is 4.90 Å². The highest BCUT2D eigenvalue weighted by Crippen LogP contribution is 2.47. The summed E-state index contributed by atoms with van der Waals surface area (Å²) in [6.07, 6.45) is 14.5. The fourth-order valence-corrected chi connectivity index (χ4v) is 10.6. The zero-order valence-corrected chi connectivity index (χ0v) is 34.1. The third kappa shape index (κ3) is 6.17. The van der Waals surface area contributed by atoms with E-state index in [4.69, 9.17) is 4.42 Å². The Bertz CT molecular complexity index is 3430. The molecule has 12 rings (SSSR count). The van der Waals surface area contributed by atoms with Crippen LogP contribution >= 0.6 is 11.3 Å². The largest absolute Gasteiger partial charge is 0.455 e. The van der Waals surface area contributed by atoms with E-state index >= 15 is 0 Å². The highest BCUT2D eigenvalue weighted by atomic mass is 32.1. The van der Waals surface area contributed by atoms with Crippen molar-refractivity contribution in [1.82, 2.24) is 0 Å². The molecule has 0 N–H and O–H groups in total. The summed E-state index contributed by atoms with van der Waals surface area (Å²) in [6, 6.07) is 66.2. The van der Waals surface area contributed by atoms with Crippen LogP contribution in [0.25, 0.3) is 81.1 Å². The van der Waals surface area contributed by atoms with Crippen molar-refractivity contribution in [3.8, 4) is 33.4 Å². The van der Waals surface area contributed by atoms with E-state index in [2.05, 4.69) is 211 Å². The zero-order chi connectivity index (χ0) is 40.3. The Kier molecular flexibility index (Phi) is 8.53. The molecule has 3 heteroatoms. The van der Waals surface area contributed by atoms with Gasteiger partial charge in [-0.25, -0.2) is 0 Å². The van der Waals surface area contributed by atoms with Gasteiger partial charge in [0.1, 0.15) is 11.2 Å². The second-order valence-electron chi connectivity index (χ2n) is 16.0. The van der Waals surface area contributed by atoms with Crippen LogP contribution in [-0.2, 0) is 0 Å². The molecule has 2 heterocycles. The Morgan fingerprint density at radius 1 is 0.475 bits per heavy atom. The third-order valence-electron chi connectivity index (χ3n) is 12.5. The first-order valence-corrected chi connectivity index (χ1v) is 21.8. The van der Waals surface area contributed by atoms with Crippen LogP contribution in [0, 0.1) is 5.92 Å². The van der Waals surface area contributed by atoms with Gasteiger partial charge in [-0.3, -0.25) is 0 Å². The van der Waals surface area contributed by atoms with Crippen molar-refractivity contribution >= 4 is 76.1 Å². The van der Waals surface area contributed by atoms with Crippen LogP contribution in [-0.4, -0.2) is 0 Å². The van der Waals surface area contributed by atoms with Crippen LogP contribution in [0.15, 0.2) is 228 Å². The number of allylic oxidation sites excluding steroid dienone is 8. The number of hydrogen-bond acceptors (Lipinski definition) is 3. The predicted octanol–water partition coefficient (Wildman–Crippen LogP) is 16.9. The fraction of sp³-hybridized carbons (Fsp3) is 0.0345. The number of fused-ring (bicyclic) bond motifs is 7. The summed E-state index contributed by atoms with van der Waals surface area (Å²) in [7, 11) is 0. The second-order valence-corrected chi connectivity index (χ2v) is 17.1. The minimum absolute atomic E-state index is 0.463. The molecule has 0 saturated heterocycles. The lowest BCUT2D eigenvalue weighted by Gasteiger charge is -2.28. The summed E-state index contributed by atoms with van der Waals surface area (Å²) >= 11 is 1.87. The molecule has 2 aliphatic carbocycles. The quantitative estimate of drug-likeness (QED) is 0.160. The Hall–Kier alpha value is -7.46. The van der Waals surface area contributed by atoms with Gasteiger partial charge in [0.2, 0.25) is 0 Å². The molecular weight excluding hydrogens is 759 g/mol. The molecule has 2 aromatic heterocycles. The van der Waals surface area contributed by atoms with Gasteiger partial charge in [0.15, 0.2) is 0 Å². The average Bonchev–Trinajstić information content (AvgIpc) is 3.91. The van der Waals surface area contributed by atoms with E-state index in [9.17, 15) is 0 Å². The van der Waals surface area contributed by atoms with Gasteiger partial charge in [-0.1, -0.05) is 176 Å². The molecule has 288 valence electrons. The summed E-state index contributed by atoms with van der Waals surface area (Å²) in [6.45, 7) is 0.